The smallest absolute Gasteiger partial charge is 0.247 e. The number of hydrogen-bond donors (Lipinski definition) is 2. The van der Waals surface area contributed by atoms with Crippen molar-refractivity contribution in [2.24, 2.45) is 0 Å². The Balaban J connectivity index is 0.00000132. The van der Waals surface area contributed by atoms with Crippen molar-refractivity contribution < 1.29 is 4.79 Å². The Morgan fingerprint density at radius 3 is 2.61 bits per heavy atom. The fourth-order valence-corrected chi connectivity index (χ4v) is 3.63. The second-order valence-electron chi connectivity index (χ2n) is 7.21. The molecule has 0 aliphatic carbocycles. The van der Waals surface area contributed by atoms with E-state index in [0.29, 0.717) is 5.69 Å². The maximum absolute atomic E-state index is 11.6. The van der Waals surface area contributed by atoms with E-state index in [1.54, 1.807) is 0 Å². The molecule has 0 bridgehead atoms. The molecule has 164 valence electrons. The molecule has 0 unspecified atom stereocenters. The molecule has 2 N–H and O–H groups in total. The van der Waals surface area contributed by atoms with Crippen LogP contribution in [0, 0.1) is 0 Å². The predicted octanol–water partition coefficient (Wildman–Crippen LogP) is 5.18. The maximum atomic E-state index is 11.6. The van der Waals surface area contributed by atoms with Gasteiger partial charge in [-0.25, -0.2) is 4.98 Å². The van der Waals surface area contributed by atoms with Crippen molar-refractivity contribution in [1.29, 1.82) is 0 Å². The summed E-state index contributed by atoms with van der Waals surface area (Å²) in [6.07, 6.45) is 7.69. The molecule has 0 atom stereocenters. The second kappa shape index (κ2) is 10.6. The van der Waals surface area contributed by atoms with Gasteiger partial charge >= 0.3 is 0 Å². The van der Waals surface area contributed by atoms with Gasteiger partial charge in [-0.1, -0.05) is 33.4 Å². The van der Waals surface area contributed by atoms with E-state index < -0.39 is 0 Å². The number of aromatic nitrogens is 3. The first-order chi connectivity index (χ1) is 15.2. The zero-order valence-electron chi connectivity index (χ0n) is 18.7. The zero-order chi connectivity index (χ0) is 22.2. The SMILES string of the molecule is C=CC(=O)Nc1cccc(Nc2cc(N3CCCCC3)nc3c(CC)cnn23)c1.CC. The summed E-state index contributed by atoms with van der Waals surface area (Å²) in [5.74, 6) is 1.59. The zero-order valence-corrected chi connectivity index (χ0v) is 18.7. The van der Waals surface area contributed by atoms with Crippen LogP contribution in [0.15, 0.2) is 49.2 Å². The van der Waals surface area contributed by atoms with Gasteiger partial charge in [-0.05, 0) is 50.0 Å². The van der Waals surface area contributed by atoms with Crippen molar-refractivity contribution in [3.63, 3.8) is 0 Å². The molecule has 1 aliphatic rings. The van der Waals surface area contributed by atoms with Crippen molar-refractivity contribution >= 4 is 34.6 Å². The van der Waals surface area contributed by atoms with Crippen LogP contribution in [-0.4, -0.2) is 33.6 Å². The number of aryl methyl sites for hydroxylation is 1. The van der Waals surface area contributed by atoms with E-state index in [9.17, 15) is 4.79 Å². The van der Waals surface area contributed by atoms with Crippen LogP contribution in [0.5, 0.6) is 0 Å². The standard InChI is InChI=1S/C22H26N6O.C2H6/c1-3-16-15-23-28-20(14-19(26-22(16)28)27-11-6-5-7-12-27)24-17-9-8-10-18(13-17)25-21(29)4-2;1-2/h4,8-10,13-15,24H,2-3,5-7,11-12H2,1H3,(H,25,29);1-2H3. The summed E-state index contributed by atoms with van der Waals surface area (Å²) in [7, 11) is 0. The molecule has 0 saturated carbocycles. The van der Waals surface area contributed by atoms with Crippen LogP contribution < -0.4 is 15.5 Å². The first kappa shape index (κ1) is 22.3. The van der Waals surface area contributed by atoms with Crippen LogP contribution in [0.2, 0.25) is 0 Å². The summed E-state index contributed by atoms with van der Waals surface area (Å²) in [6, 6.07) is 9.64. The first-order valence-electron chi connectivity index (χ1n) is 11.1. The fraction of sp³-hybridized carbons (Fsp3) is 0.375. The lowest BCUT2D eigenvalue weighted by Gasteiger charge is -2.28. The topological polar surface area (TPSA) is 74.6 Å². The van der Waals surface area contributed by atoms with Crippen LogP contribution in [-0.2, 0) is 11.2 Å². The largest absolute Gasteiger partial charge is 0.356 e. The number of amides is 1. The molecule has 0 spiro atoms. The molecule has 4 rings (SSSR count). The molecule has 3 heterocycles. The number of nitrogens with zero attached hydrogens (tertiary/aromatic N) is 4. The fourth-order valence-electron chi connectivity index (χ4n) is 3.63. The number of carbonyl (C=O) groups is 1. The van der Waals surface area contributed by atoms with Crippen molar-refractivity contribution in [3.05, 3.63) is 54.7 Å². The van der Waals surface area contributed by atoms with Gasteiger partial charge in [-0.2, -0.15) is 9.61 Å². The number of rotatable bonds is 6. The minimum Gasteiger partial charge on any atom is -0.356 e. The lowest BCUT2D eigenvalue weighted by atomic mass is 10.1. The summed E-state index contributed by atoms with van der Waals surface area (Å²) in [5.41, 5.74) is 3.57. The Labute approximate surface area is 184 Å². The number of carbonyl (C=O) groups excluding carboxylic acids is 1. The maximum Gasteiger partial charge on any atom is 0.247 e. The van der Waals surface area contributed by atoms with E-state index in [2.05, 4.69) is 40.2 Å². The van der Waals surface area contributed by atoms with E-state index in [4.69, 9.17) is 4.98 Å². The monoisotopic (exact) mass is 420 g/mol. The second-order valence-corrected chi connectivity index (χ2v) is 7.21. The molecule has 7 heteroatoms. The third-order valence-corrected chi connectivity index (χ3v) is 5.18. The van der Waals surface area contributed by atoms with E-state index in [-0.39, 0.29) is 5.91 Å². The molecule has 1 aromatic carbocycles. The normalized spacial score (nSPS) is 13.3. The number of nitrogens with one attached hydrogen (secondary N) is 2. The highest BCUT2D eigenvalue weighted by Gasteiger charge is 2.17. The number of hydrogen-bond acceptors (Lipinski definition) is 5. The molecule has 1 aliphatic heterocycles. The van der Waals surface area contributed by atoms with Crippen molar-refractivity contribution in [2.45, 2.75) is 46.5 Å². The van der Waals surface area contributed by atoms with E-state index >= 15 is 0 Å². The quantitative estimate of drug-likeness (QED) is 0.538. The Kier molecular flexibility index (Phi) is 7.65. The number of fused-ring (bicyclic) bond motifs is 1. The molecule has 1 fully saturated rings. The summed E-state index contributed by atoms with van der Waals surface area (Å²) < 4.78 is 1.85. The van der Waals surface area contributed by atoms with Gasteiger partial charge in [0.25, 0.3) is 0 Å². The molecule has 1 saturated heterocycles. The highest BCUT2D eigenvalue weighted by Crippen LogP contribution is 2.27. The van der Waals surface area contributed by atoms with Gasteiger partial charge in [0.05, 0.1) is 6.20 Å². The molecular weight excluding hydrogens is 388 g/mol. The van der Waals surface area contributed by atoms with Gasteiger partial charge in [-0.15, -0.1) is 0 Å². The molecule has 7 nitrogen and oxygen atoms in total. The van der Waals surface area contributed by atoms with Crippen LogP contribution in [0.3, 0.4) is 0 Å². The van der Waals surface area contributed by atoms with Crippen molar-refractivity contribution in [3.8, 4) is 0 Å². The van der Waals surface area contributed by atoms with Gasteiger partial charge in [-0.3, -0.25) is 4.79 Å². The number of piperidine rings is 1. The minimum absolute atomic E-state index is 0.236. The Morgan fingerprint density at radius 2 is 1.90 bits per heavy atom. The van der Waals surface area contributed by atoms with Gasteiger partial charge in [0.2, 0.25) is 5.91 Å². The lowest BCUT2D eigenvalue weighted by molar-refractivity contribution is -0.111. The molecular formula is C24H32N6O. The van der Waals surface area contributed by atoms with E-state index in [1.807, 2.05) is 48.8 Å². The van der Waals surface area contributed by atoms with Crippen LogP contribution in [0.25, 0.3) is 5.65 Å². The Bertz CT molecular complexity index is 1040. The van der Waals surface area contributed by atoms with Crippen LogP contribution >= 0.6 is 0 Å². The summed E-state index contributed by atoms with van der Waals surface area (Å²) in [5, 5.41) is 10.8. The minimum atomic E-state index is -0.236. The van der Waals surface area contributed by atoms with Gasteiger partial charge < -0.3 is 15.5 Å². The highest BCUT2D eigenvalue weighted by atomic mass is 16.1. The van der Waals surface area contributed by atoms with Gasteiger partial charge in [0, 0.05) is 36.1 Å². The number of anilines is 4. The third-order valence-electron chi connectivity index (χ3n) is 5.18. The van der Waals surface area contributed by atoms with E-state index in [0.717, 1.165) is 48.0 Å². The summed E-state index contributed by atoms with van der Waals surface area (Å²) in [6.45, 7) is 11.7. The van der Waals surface area contributed by atoms with Crippen molar-refractivity contribution in [1.82, 2.24) is 14.6 Å². The van der Waals surface area contributed by atoms with Crippen LogP contribution in [0.1, 0.15) is 45.6 Å². The van der Waals surface area contributed by atoms with Gasteiger partial charge in [0.15, 0.2) is 5.65 Å². The molecule has 0 radical (unpaired) electrons. The Morgan fingerprint density at radius 1 is 1.16 bits per heavy atom. The van der Waals surface area contributed by atoms with Crippen LogP contribution in [0.4, 0.5) is 23.0 Å². The molecule has 31 heavy (non-hydrogen) atoms. The molecule has 1 amide bonds. The van der Waals surface area contributed by atoms with Gasteiger partial charge in [0.1, 0.15) is 11.6 Å². The molecule has 2 aromatic heterocycles. The average molecular weight is 421 g/mol. The summed E-state index contributed by atoms with van der Waals surface area (Å²) >= 11 is 0. The van der Waals surface area contributed by atoms with E-state index in [1.165, 1.54) is 25.3 Å². The molecule has 3 aromatic rings. The van der Waals surface area contributed by atoms with Crippen molar-refractivity contribution in [2.75, 3.05) is 28.6 Å². The highest BCUT2D eigenvalue weighted by molar-refractivity contribution is 5.99. The summed E-state index contributed by atoms with van der Waals surface area (Å²) in [4.78, 5) is 18.9. The number of benzene rings is 1. The predicted molar refractivity (Wildman–Crippen MR) is 128 cm³/mol. The third kappa shape index (κ3) is 5.23. The average Bonchev–Trinajstić information content (AvgIpc) is 3.24. The first-order valence-corrected chi connectivity index (χ1v) is 11.1. The lowest BCUT2D eigenvalue weighted by Crippen LogP contribution is -2.30. The Hall–Kier alpha value is -3.35.